The third-order valence-corrected chi connectivity index (χ3v) is 6.09. The molecule has 29 heavy (non-hydrogen) atoms. The van der Waals surface area contributed by atoms with Crippen molar-refractivity contribution in [2.45, 2.75) is 0 Å². The molecule has 2 aromatic rings. The summed E-state index contributed by atoms with van der Waals surface area (Å²) < 4.78 is 10.8. The van der Waals surface area contributed by atoms with Crippen molar-refractivity contribution >= 4 is 11.9 Å². The van der Waals surface area contributed by atoms with Crippen molar-refractivity contribution in [1.82, 2.24) is 14.7 Å². The van der Waals surface area contributed by atoms with Crippen molar-refractivity contribution < 1.29 is 9.47 Å². The van der Waals surface area contributed by atoms with E-state index in [0.29, 0.717) is 0 Å². The Balaban J connectivity index is 1.36. The van der Waals surface area contributed by atoms with E-state index >= 15 is 0 Å². The summed E-state index contributed by atoms with van der Waals surface area (Å²) in [7, 11) is 0. The summed E-state index contributed by atoms with van der Waals surface area (Å²) in [6.45, 7) is 6.55. The minimum Gasteiger partial charge on any atom is -0.454 e. The summed E-state index contributed by atoms with van der Waals surface area (Å²) >= 11 is 0. The minimum atomic E-state index is -0.0116. The molecular weight excluding hydrogens is 366 g/mol. The molecule has 0 radical (unpaired) electrons. The van der Waals surface area contributed by atoms with E-state index in [1.165, 1.54) is 0 Å². The quantitative estimate of drug-likeness (QED) is 0.592. The highest BCUT2D eigenvalue weighted by molar-refractivity contribution is 6.05. The van der Waals surface area contributed by atoms with Gasteiger partial charge in [-0.25, -0.2) is 0 Å². The molecule has 4 fully saturated rings. The lowest BCUT2D eigenvalue weighted by Gasteiger charge is -2.60. The molecule has 4 bridgehead atoms. The molecule has 5 aliphatic rings. The van der Waals surface area contributed by atoms with Gasteiger partial charge in [-0.15, -0.1) is 0 Å². The van der Waals surface area contributed by atoms with Crippen LogP contribution in [0.3, 0.4) is 0 Å². The van der Waals surface area contributed by atoms with E-state index in [2.05, 4.69) is 44.1 Å². The zero-order valence-electron chi connectivity index (χ0n) is 16.2. The second-order valence-corrected chi connectivity index (χ2v) is 8.36. The van der Waals surface area contributed by atoms with Crippen LogP contribution in [-0.2, 0) is 0 Å². The molecule has 0 saturated carbocycles. The van der Waals surface area contributed by atoms with Gasteiger partial charge in [-0.1, -0.05) is 30.3 Å². The van der Waals surface area contributed by atoms with Crippen LogP contribution < -0.4 is 9.47 Å². The average Bonchev–Trinajstić information content (AvgIpc) is 3.18. The molecular formula is C22H23N5O2. The van der Waals surface area contributed by atoms with Crippen molar-refractivity contribution in [2.75, 3.05) is 46.4 Å². The topological polar surface area (TPSA) is 52.9 Å². The lowest BCUT2D eigenvalue weighted by molar-refractivity contribution is -0.149. The van der Waals surface area contributed by atoms with Gasteiger partial charge < -0.3 is 9.47 Å². The van der Waals surface area contributed by atoms with Crippen LogP contribution in [0.1, 0.15) is 11.1 Å². The van der Waals surface area contributed by atoms with Gasteiger partial charge in [-0.3, -0.25) is 14.7 Å². The summed E-state index contributed by atoms with van der Waals surface area (Å²) in [5.41, 5.74) is 3.17. The fourth-order valence-corrected chi connectivity index (χ4v) is 5.15. The van der Waals surface area contributed by atoms with Gasteiger partial charge in [0, 0.05) is 19.6 Å². The third kappa shape index (κ3) is 3.02. The Morgan fingerprint density at radius 1 is 0.862 bits per heavy atom. The molecule has 5 aliphatic heterocycles. The molecule has 4 saturated heterocycles. The number of hydrogen-bond donors (Lipinski definition) is 0. The predicted octanol–water partition coefficient (Wildman–Crippen LogP) is 2.04. The summed E-state index contributed by atoms with van der Waals surface area (Å²) in [4.78, 5) is 7.53. The molecule has 7 heteroatoms. The van der Waals surface area contributed by atoms with Crippen LogP contribution in [0.15, 0.2) is 58.7 Å². The summed E-state index contributed by atoms with van der Waals surface area (Å²) in [6.07, 6.45) is 1.80. The molecule has 7 rings (SSSR count). The highest BCUT2D eigenvalue weighted by Gasteiger charge is 2.51. The fourth-order valence-electron chi connectivity index (χ4n) is 5.15. The monoisotopic (exact) mass is 389 g/mol. The van der Waals surface area contributed by atoms with Crippen molar-refractivity contribution in [3.63, 3.8) is 0 Å². The van der Waals surface area contributed by atoms with Crippen LogP contribution in [0.25, 0.3) is 0 Å². The van der Waals surface area contributed by atoms with E-state index in [4.69, 9.17) is 14.6 Å². The van der Waals surface area contributed by atoms with E-state index in [1.807, 2.05) is 24.3 Å². The normalized spacial score (nSPS) is 32.3. The first-order chi connectivity index (χ1) is 14.3. The van der Waals surface area contributed by atoms with E-state index < -0.39 is 0 Å². The SMILES string of the molecule is C(=N/N=C(c1ccccc1)C12CN3CN(CN(C3)C1)C2)/c1ccc2c(c1)OCO2. The van der Waals surface area contributed by atoms with E-state index in [-0.39, 0.29) is 12.2 Å². The maximum Gasteiger partial charge on any atom is 0.231 e. The number of benzene rings is 2. The zero-order valence-corrected chi connectivity index (χ0v) is 16.2. The molecule has 5 heterocycles. The van der Waals surface area contributed by atoms with E-state index in [9.17, 15) is 0 Å². The van der Waals surface area contributed by atoms with Crippen molar-refractivity contribution in [3.8, 4) is 11.5 Å². The second kappa shape index (κ2) is 6.66. The molecule has 0 N–H and O–H groups in total. The number of fused-ring (bicyclic) bond motifs is 1. The van der Waals surface area contributed by atoms with Gasteiger partial charge in [0.25, 0.3) is 0 Å². The molecule has 0 amide bonds. The van der Waals surface area contributed by atoms with Crippen LogP contribution in [0.5, 0.6) is 11.5 Å². The Hall–Kier alpha value is -2.74. The highest BCUT2D eigenvalue weighted by Crippen LogP contribution is 2.38. The summed E-state index contributed by atoms with van der Waals surface area (Å²) in [6, 6.07) is 16.3. The highest BCUT2D eigenvalue weighted by atomic mass is 16.7. The van der Waals surface area contributed by atoms with Crippen LogP contribution >= 0.6 is 0 Å². The number of nitrogens with zero attached hydrogens (tertiary/aromatic N) is 5. The molecule has 0 aromatic heterocycles. The van der Waals surface area contributed by atoms with Crippen LogP contribution in [0.2, 0.25) is 0 Å². The van der Waals surface area contributed by atoms with Crippen LogP contribution in [0.4, 0.5) is 0 Å². The van der Waals surface area contributed by atoms with E-state index in [0.717, 1.165) is 68.0 Å². The standard InChI is InChI=1S/C22H23N5O2/c1-2-4-18(5-3-1)21(22-10-25-13-26(11-22)15-27(12-22)14-25)24-23-9-17-6-7-19-20(8-17)29-16-28-19/h1-9H,10-16H2/b23-9-,24-21?. The first kappa shape index (κ1) is 17.1. The number of ether oxygens (including phenoxy) is 2. The van der Waals surface area contributed by atoms with Gasteiger partial charge in [-0.05, 0) is 29.3 Å². The maximum atomic E-state index is 5.46. The van der Waals surface area contributed by atoms with Crippen LogP contribution in [0, 0.1) is 5.41 Å². The summed E-state index contributed by atoms with van der Waals surface area (Å²) in [5.74, 6) is 1.54. The molecule has 0 atom stereocenters. The lowest BCUT2D eigenvalue weighted by Crippen LogP contribution is -2.74. The average molecular weight is 389 g/mol. The van der Waals surface area contributed by atoms with Gasteiger partial charge in [0.05, 0.1) is 37.3 Å². The van der Waals surface area contributed by atoms with Gasteiger partial charge in [0.2, 0.25) is 6.79 Å². The molecule has 2 aromatic carbocycles. The molecule has 0 spiro atoms. The largest absolute Gasteiger partial charge is 0.454 e. The first-order valence-corrected chi connectivity index (χ1v) is 10.0. The van der Waals surface area contributed by atoms with Gasteiger partial charge >= 0.3 is 0 Å². The zero-order chi connectivity index (χ0) is 19.3. The number of rotatable bonds is 4. The van der Waals surface area contributed by atoms with Gasteiger partial charge in [0.15, 0.2) is 11.5 Å². The fraction of sp³-hybridized carbons (Fsp3) is 0.364. The molecule has 7 nitrogen and oxygen atoms in total. The Labute approximate surface area is 169 Å². The number of hydrogen-bond acceptors (Lipinski definition) is 7. The Bertz CT molecular complexity index is 953. The first-order valence-electron chi connectivity index (χ1n) is 10.0. The van der Waals surface area contributed by atoms with Crippen molar-refractivity contribution in [1.29, 1.82) is 0 Å². The van der Waals surface area contributed by atoms with Crippen molar-refractivity contribution in [2.24, 2.45) is 15.6 Å². The summed E-state index contributed by atoms with van der Waals surface area (Å²) in [5, 5.41) is 9.32. The van der Waals surface area contributed by atoms with Crippen molar-refractivity contribution in [3.05, 3.63) is 59.7 Å². The molecule has 0 aliphatic carbocycles. The van der Waals surface area contributed by atoms with E-state index in [1.54, 1.807) is 6.21 Å². The Morgan fingerprint density at radius 3 is 2.28 bits per heavy atom. The minimum absolute atomic E-state index is 0.0116. The Morgan fingerprint density at radius 2 is 1.55 bits per heavy atom. The predicted molar refractivity (Wildman–Crippen MR) is 110 cm³/mol. The van der Waals surface area contributed by atoms with Crippen LogP contribution in [-0.4, -0.2) is 73.1 Å². The smallest absolute Gasteiger partial charge is 0.231 e. The molecule has 148 valence electrons. The van der Waals surface area contributed by atoms with Gasteiger partial charge in [-0.2, -0.15) is 10.2 Å². The molecule has 0 unspecified atom stereocenters. The second-order valence-electron chi connectivity index (χ2n) is 8.36. The van der Waals surface area contributed by atoms with Gasteiger partial charge in [0.1, 0.15) is 0 Å². The lowest BCUT2D eigenvalue weighted by atomic mass is 9.74. The Kier molecular flexibility index (Phi) is 3.94. The third-order valence-electron chi connectivity index (χ3n) is 6.09. The maximum absolute atomic E-state index is 5.46.